The minimum Gasteiger partial charge on any atom is -0.317 e. The fourth-order valence-electron chi connectivity index (χ4n) is 2.60. The Bertz CT molecular complexity index is 128. The fourth-order valence-corrected chi connectivity index (χ4v) is 2.60. The number of hydrogen-bond acceptors (Lipinski definition) is 1. The number of rotatable bonds is 0. The van der Waals surface area contributed by atoms with Crippen molar-refractivity contribution in [1.29, 1.82) is 0 Å². The Morgan fingerprint density at radius 1 is 0.625 bits per heavy atom. The molecule has 1 rings (SSSR count). The molecule has 1 aliphatic heterocycles. The third kappa shape index (κ3) is 8.15. The zero-order valence-electron chi connectivity index (χ0n) is 11.3. The molecule has 0 spiro atoms. The molecule has 1 saturated heterocycles. The van der Waals surface area contributed by atoms with Gasteiger partial charge < -0.3 is 5.32 Å². The zero-order chi connectivity index (χ0) is 11.5. The van der Waals surface area contributed by atoms with E-state index in [4.69, 9.17) is 0 Å². The average molecular weight is 225 g/mol. The third-order valence-corrected chi connectivity index (χ3v) is 3.86. The lowest BCUT2D eigenvalue weighted by atomic mass is 9.99. The summed E-state index contributed by atoms with van der Waals surface area (Å²) < 4.78 is 0. The second kappa shape index (κ2) is 10.1. The molecular weight excluding hydrogens is 194 g/mol. The van der Waals surface area contributed by atoms with E-state index in [2.05, 4.69) is 12.2 Å². The molecule has 16 heavy (non-hydrogen) atoms. The minimum atomic E-state index is 0.928. The molecular formula is C15H31N. The SMILES string of the molecule is C[C@H]1CCCCCCCCCCCNCC1. The molecule has 1 heteroatoms. The van der Waals surface area contributed by atoms with Gasteiger partial charge in [0.05, 0.1) is 0 Å². The van der Waals surface area contributed by atoms with Gasteiger partial charge in [-0.3, -0.25) is 0 Å². The van der Waals surface area contributed by atoms with Crippen molar-refractivity contribution >= 4 is 0 Å². The minimum absolute atomic E-state index is 0.928. The van der Waals surface area contributed by atoms with Gasteiger partial charge in [0.1, 0.15) is 0 Å². The highest BCUT2D eigenvalue weighted by Crippen LogP contribution is 2.15. The van der Waals surface area contributed by atoms with Crippen LogP contribution in [0.1, 0.15) is 77.6 Å². The van der Waals surface area contributed by atoms with Crippen LogP contribution in [0.2, 0.25) is 0 Å². The molecule has 1 heterocycles. The second-order valence-corrected chi connectivity index (χ2v) is 5.61. The van der Waals surface area contributed by atoms with Crippen molar-refractivity contribution in [3.05, 3.63) is 0 Å². The summed E-state index contributed by atoms with van der Waals surface area (Å²) in [6.45, 7) is 4.90. The summed E-state index contributed by atoms with van der Waals surface area (Å²) in [5.41, 5.74) is 0. The quantitative estimate of drug-likeness (QED) is 0.639. The van der Waals surface area contributed by atoms with E-state index in [1.165, 1.54) is 83.7 Å². The van der Waals surface area contributed by atoms with Gasteiger partial charge in [-0.2, -0.15) is 0 Å². The van der Waals surface area contributed by atoms with Crippen LogP contribution in [0.5, 0.6) is 0 Å². The first-order chi connectivity index (χ1) is 7.89. The summed E-state index contributed by atoms with van der Waals surface area (Å²) in [5, 5.41) is 3.59. The van der Waals surface area contributed by atoms with Gasteiger partial charge in [-0.25, -0.2) is 0 Å². The highest BCUT2D eigenvalue weighted by Gasteiger charge is 2.02. The Balaban J connectivity index is 2.10. The van der Waals surface area contributed by atoms with Gasteiger partial charge in [-0.1, -0.05) is 64.7 Å². The van der Waals surface area contributed by atoms with Crippen molar-refractivity contribution < 1.29 is 0 Å². The number of hydrogen-bond donors (Lipinski definition) is 1. The van der Waals surface area contributed by atoms with E-state index in [9.17, 15) is 0 Å². The molecule has 0 radical (unpaired) electrons. The Hall–Kier alpha value is -0.0400. The molecule has 0 unspecified atom stereocenters. The molecule has 1 aliphatic rings. The van der Waals surface area contributed by atoms with Crippen LogP contribution in [0.15, 0.2) is 0 Å². The van der Waals surface area contributed by atoms with Gasteiger partial charge in [-0.05, 0) is 31.8 Å². The molecule has 96 valence electrons. The Kier molecular flexibility index (Phi) is 8.88. The van der Waals surface area contributed by atoms with Crippen LogP contribution in [0.3, 0.4) is 0 Å². The van der Waals surface area contributed by atoms with Crippen LogP contribution in [0.25, 0.3) is 0 Å². The van der Waals surface area contributed by atoms with Gasteiger partial charge in [0.15, 0.2) is 0 Å². The molecule has 1 atom stereocenters. The first-order valence-electron chi connectivity index (χ1n) is 7.60. The summed E-state index contributed by atoms with van der Waals surface area (Å²) in [7, 11) is 0. The van der Waals surface area contributed by atoms with Gasteiger partial charge in [0.25, 0.3) is 0 Å². The number of nitrogens with one attached hydrogen (secondary N) is 1. The van der Waals surface area contributed by atoms with Gasteiger partial charge in [0.2, 0.25) is 0 Å². The third-order valence-electron chi connectivity index (χ3n) is 3.86. The molecule has 0 bridgehead atoms. The van der Waals surface area contributed by atoms with Crippen molar-refractivity contribution in [2.75, 3.05) is 13.1 Å². The standard InChI is InChI=1S/C15H31N/c1-15-11-9-7-5-3-2-4-6-8-10-13-16-14-12-15/h15-16H,2-14H2,1H3/t15-/m0/s1. The zero-order valence-corrected chi connectivity index (χ0v) is 11.3. The normalized spacial score (nSPS) is 27.9. The molecule has 0 aromatic heterocycles. The second-order valence-electron chi connectivity index (χ2n) is 5.61. The van der Waals surface area contributed by atoms with Crippen LogP contribution in [-0.4, -0.2) is 13.1 Å². The molecule has 0 aliphatic carbocycles. The molecule has 0 aromatic rings. The predicted molar refractivity (Wildman–Crippen MR) is 72.8 cm³/mol. The summed E-state index contributed by atoms with van der Waals surface area (Å²) in [6.07, 6.45) is 15.9. The van der Waals surface area contributed by atoms with E-state index in [0.29, 0.717) is 0 Å². The molecule has 1 nitrogen and oxygen atoms in total. The monoisotopic (exact) mass is 225 g/mol. The lowest BCUT2D eigenvalue weighted by Crippen LogP contribution is -2.18. The maximum Gasteiger partial charge on any atom is -0.00464 e. The van der Waals surface area contributed by atoms with Crippen LogP contribution in [0.4, 0.5) is 0 Å². The Morgan fingerprint density at radius 2 is 1.19 bits per heavy atom. The molecule has 0 aromatic carbocycles. The van der Waals surface area contributed by atoms with Crippen molar-refractivity contribution in [3.8, 4) is 0 Å². The smallest absolute Gasteiger partial charge is 0.00464 e. The molecule has 0 amide bonds. The first-order valence-corrected chi connectivity index (χ1v) is 7.60. The lowest BCUT2D eigenvalue weighted by Gasteiger charge is -2.11. The summed E-state index contributed by atoms with van der Waals surface area (Å²) in [4.78, 5) is 0. The average Bonchev–Trinajstić information content (AvgIpc) is 2.29. The van der Waals surface area contributed by atoms with Crippen LogP contribution in [-0.2, 0) is 0 Å². The summed E-state index contributed by atoms with van der Waals surface area (Å²) >= 11 is 0. The maximum absolute atomic E-state index is 3.59. The van der Waals surface area contributed by atoms with Gasteiger partial charge in [-0.15, -0.1) is 0 Å². The summed E-state index contributed by atoms with van der Waals surface area (Å²) in [6, 6.07) is 0. The largest absolute Gasteiger partial charge is 0.317 e. The fraction of sp³-hybridized carbons (Fsp3) is 1.00. The van der Waals surface area contributed by atoms with E-state index >= 15 is 0 Å². The van der Waals surface area contributed by atoms with Crippen LogP contribution in [0, 0.1) is 5.92 Å². The van der Waals surface area contributed by atoms with E-state index in [0.717, 1.165) is 5.92 Å². The Morgan fingerprint density at radius 3 is 1.88 bits per heavy atom. The van der Waals surface area contributed by atoms with Crippen molar-refractivity contribution in [1.82, 2.24) is 5.32 Å². The highest BCUT2D eigenvalue weighted by atomic mass is 14.8. The van der Waals surface area contributed by atoms with Crippen LogP contribution >= 0.6 is 0 Å². The van der Waals surface area contributed by atoms with Gasteiger partial charge >= 0.3 is 0 Å². The van der Waals surface area contributed by atoms with Crippen molar-refractivity contribution in [3.63, 3.8) is 0 Å². The van der Waals surface area contributed by atoms with E-state index < -0.39 is 0 Å². The lowest BCUT2D eigenvalue weighted by molar-refractivity contribution is 0.443. The van der Waals surface area contributed by atoms with E-state index in [1.807, 2.05) is 0 Å². The maximum atomic E-state index is 3.59. The van der Waals surface area contributed by atoms with E-state index in [-0.39, 0.29) is 0 Å². The van der Waals surface area contributed by atoms with Crippen molar-refractivity contribution in [2.24, 2.45) is 5.92 Å². The first kappa shape index (κ1) is 14.0. The van der Waals surface area contributed by atoms with Gasteiger partial charge in [0, 0.05) is 0 Å². The van der Waals surface area contributed by atoms with E-state index in [1.54, 1.807) is 0 Å². The summed E-state index contributed by atoms with van der Waals surface area (Å²) in [5.74, 6) is 0.928. The highest BCUT2D eigenvalue weighted by molar-refractivity contribution is 4.58. The van der Waals surface area contributed by atoms with Crippen molar-refractivity contribution in [2.45, 2.75) is 77.6 Å². The topological polar surface area (TPSA) is 12.0 Å². The van der Waals surface area contributed by atoms with Crippen LogP contribution < -0.4 is 5.32 Å². The Labute approximate surface area is 102 Å². The predicted octanol–water partition coefficient (Wildman–Crippen LogP) is 4.52. The molecule has 0 saturated carbocycles. The molecule has 1 N–H and O–H groups in total. The molecule has 1 fully saturated rings.